The van der Waals surface area contributed by atoms with Gasteiger partial charge in [0, 0.05) is 40.4 Å². The molecule has 0 atom stereocenters. The zero-order valence-corrected chi connectivity index (χ0v) is 15.6. The molecule has 0 aromatic heterocycles. The number of fused-ring (bicyclic) bond motifs is 1. The van der Waals surface area contributed by atoms with E-state index in [1.54, 1.807) is 7.05 Å². The van der Waals surface area contributed by atoms with Gasteiger partial charge in [0.15, 0.2) is 17.5 Å². The molecule has 1 aromatic rings. The molecule has 138 valence electrons. The highest BCUT2D eigenvalue weighted by molar-refractivity contribution is 6.32. The van der Waals surface area contributed by atoms with Gasteiger partial charge in [0.05, 0.1) is 5.02 Å². The largest absolute Gasteiger partial charge is 0.454 e. The molecule has 25 heavy (non-hydrogen) atoms. The Morgan fingerprint density at radius 2 is 2.12 bits per heavy atom. The maximum atomic E-state index is 6.24. The van der Waals surface area contributed by atoms with Crippen LogP contribution >= 0.6 is 11.6 Å². The zero-order valence-electron chi connectivity index (χ0n) is 14.9. The lowest BCUT2D eigenvalue weighted by Gasteiger charge is -2.26. The molecule has 2 heterocycles. The molecule has 0 unspecified atom stereocenters. The van der Waals surface area contributed by atoms with Crippen molar-refractivity contribution in [3.05, 3.63) is 22.7 Å². The van der Waals surface area contributed by atoms with Crippen molar-refractivity contribution >= 4 is 17.6 Å². The monoisotopic (exact) mass is 367 g/mol. The van der Waals surface area contributed by atoms with Gasteiger partial charge in [0.25, 0.3) is 0 Å². The molecule has 0 radical (unpaired) electrons. The second-order valence-corrected chi connectivity index (χ2v) is 6.89. The summed E-state index contributed by atoms with van der Waals surface area (Å²) in [5, 5.41) is 3.97. The summed E-state index contributed by atoms with van der Waals surface area (Å²) < 4.78 is 16.2. The van der Waals surface area contributed by atoms with Crippen LogP contribution in [-0.2, 0) is 11.3 Å². The second kappa shape index (κ2) is 8.63. The summed E-state index contributed by atoms with van der Waals surface area (Å²) >= 11 is 6.24. The molecule has 1 aromatic carbocycles. The minimum Gasteiger partial charge on any atom is -0.454 e. The van der Waals surface area contributed by atoms with E-state index in [1.165, 1.54) is 0 Å². The number of ether oxygens (including phenoxy) is 3. The minimum absolute atomic E-state index is 0.225. The van der Waals surface area contributed by atoms with Crippen LogP contribution in [0.5, 0.6) is 11.5 Å². The molecule has 2 aliphatic heterocycles. The first-order valence-corrected chi connectivity index (χ1v) is 9.12. The molecule has 0 saturated carbocycles. The van der Waals surface area contributed by atoms with Crippen LogP contribution < -0.4 is 14.8 Å². The van der Waals surface area contributed by atoms with Crippen LogP contribution in [0, 0.1) is 5.92 Å². The molecule has 2 aliphatic rings. The van der Waals surface area contributed by atoms with E-state index in [9.17, 15) is 0 Å². The van der Waals surface area contributed by atoms with Crippen molar-refractivity contribution in [2.45, 2.75) is 25.8 Å². The van der Waals surface area contributed by atoms with Gasteiger partial charge in [-0.3, -0.25) is 4.99 Å². The minimum atomic E-state index is 0.225. The Morgan fingerprint density at radius 1 is 1.32 bits per heavy atom. The number of halogens is 1. The highest BCUT2D eigenvalue weighted by Crippen LogP contribution is 2.39. The fourth-order valence-electron chi connectivity index (χ4n) is 3.21. The summed E-state index contributed by atoms with van der Waals surface area (Å²) in [7, 11) is 3.88. The Bertz CT molecular complexity index is 618. The Morgan fingerprint density at radius 3 is 2.88 bits per heavy atom. The first-order chi connectivity index (χ1) is 12.2. The van der Waals surface area contributed by atoms with Gasteiger partial charge in [-0.2, -0.15) is 0 Å². The molecule has 0 aliphatic carbocycles. The zero-order chi connectivity index (χ0) is 17.6. The average Bonchev–Trinajstić information content (AvgIpc) is 3.10. The number of benzene rings is 1. The predicted octanol–water partition coefficient (Wildman–Crippen LogP) is 2.89. The Labute approximate surface area is 154 Å². The first kappa shape index (κ1) is 18.1. The molecule has 1 fully saturated rings. The van der Waals surface area contributed by atoms with Gasteiger partial charge in [-0.05, 0) is 42.9 Å². The quantitative estimate of drug-likeness (QED) is 0.640. The molecular weight excluding hydrogens is 342 g/mol. The third-order valence-corrected chi connectivity index (χ3v) is 5.01. The maximum Gasteiger partial charge on any atom is 0.231 e. The third kappa shape index (κ3) is 4.70. The topological polar surface area (TPSA) is 55.3 Å². The van der Waals surface area contributed by atoms with Gasteiger partial charge in [0.2, 0.25) is 6.79 Å². The molecule has 7 heteroatoms. The smallest absolute Gasteiger partial charge is 0.231 e. The lowest BCUT2D eigenvalue weighted by molar-refractivity contribution is 0.0625. The molecule has 1 saturated heterocycles. The number of hydrogen-bond donors (Lipinski definition) is 1. The molecule has 1 N–H and O–H groups in total. The number of aliphatic imine (C=N–C) groups is 1. The van der Waals surface area contributed by atoms with Crippen molar-refractivity contribution in [1.29, 1.82) is 0 Å². The molecule has 6 nitrogen and oxygen atoms in total. The van der Waals surface area contributed by atoms with Crippen LogP contribution in [0.3, 0.4) is 0 Å². The number of rotatable bonds is 5. The normalized spacial score (nSPS) is 17.6. The van der Waals surface area contributed by atoms with Gasteiger partial charge >= 0.3 is 0 Å². The number of hydrogen-bond acceptors (Lipinski definition) is 4. The van der Waals surface area contributed by atoms with Crippen LogP contribution in [0.15, 0.2) is 17.1 Å². The molecule has 0 bridgehead atoms. The van der Waals surface area contributed by atoms with E-state index in [0.717, 1.165) is 56.5 Å². The van der Waals surface area contributed by atoms with Crippen molar-refractivity contribution in [2.24, 2.45) is 10.9 Å². The summed E-state index contributed by atoms with van der Waals surface area (Å²) in [5.41, 5.74) is 1.04. The summed E-state index contributed by atoms with van der Waals surface area (Å²) in [6, 6.07) is 3.86. The Balaban J connectivity index is 1.51. The van der Waals surface area contributed by atoms with Gasteiger partial charge < -0.3 is 24.4 Å². The van der Waals surface area contributed by atoms with Gasteiger partial charge in [0.1, 0.15) is 0 Å². The summed E-state index contributed by atoms with van der Waals surface area (Å²) in [5.74, 6) is 2.96. The molecular formula is C18H26ClN3O3. The van der Waals surface area contributed by atoms with Crippen molar-refractivity contribution in [1.82, 2.24) is 10.2 Å². The third-order valence-electron chi connectivity index (χ3n) is 4.72. The van der Waals surface area contributed by atoms with Crippen LogP contribution in [0.25, 0.3) is 0 Å². The number of nitrogens with one attached hydrogen (secondary N) is 1. The fourth-order valence-corrected chi connectivity index (χ4v) is 3.49. The molecule has 0 amide bonds. The van der Waals surface area contributed by atoms with Crippen molar-refractivity contribution in [3.8, 4) is 11.5 Å². The Hall–Kier alpha value is -1.66. The van der Waals surface area contributed by atoms with Crippen LogP contribution in [0.2, 0.25) is 5.02 Å². The van der Waals surface area contributed by atoms with Crippen molar-refractivity contribution < 1.29 is 14.2 Å². The lowest BCUT2D eigenvalue weighted by atomic mass is 9.96. The van der Waals surface area contributed by atoms with E-state index in [0.29, 0.717) is 23.1 Å². The van der Waals surface area contributed by atoms with E-state index < -0.39 is 0 Å². The predicted molar refractivity (Wildman–Crippen MR) is 98.6 cm³/mol. The van der Waals surface area contributed by atoms with Crippen LogP contribution in [0.1, 0.15) is 24.8 Å². The van der Waals surface area contributed by atoms with Crippen LogP contribution in [-0.4, -0.2) is 51.5 Å². The lowest BCUT2D eigenvalue weighted by Crippen LogP contribution is -2.39. The first-order valence-electron chi connectivity index (χ1n) is 8.75. The van der Waals surface area contributed by atoms with Gasteiger partial charge in [-0.15, -0.1) is 0 Å². The van der Waals surface area contributed by atoms with Crippen LogP contribution in [0.4, 0.5) is 0 Å². The SMILES string of the molecule is CN=C(NCc1cc(Cl)c2c(c1)OCO2)N(C)CCC1CCOCC1. The highest BCUT2D eigenvalue weighted by atomic mass is 35.5. The van der Waals surface area contributed by atoms with Crippen molar-refractivity contribution in [2.75, 3.05) is 40.6 Å². The van der Waals surface area contributed by atoms with Crippen molar-refractivity contribution in [3.63, 3.8) is 0 Å². The molecule has 0 spiro atoms. The standard InChI is InChI=1S/C18H26ClN3O3/c1-20-18(22(2)6-3-13-4-7-23-8-5-13)21-11-14-9-15(19)17-16(10-14)24-12-25-17/h9-10,13H,3-8,11-12H2,1-2H3,(H,20,21). The maximum absolute atomic E-state index is 6.24. The Kier molecular flexibility index (Phi) is 6.26. The van der Waals surface area contributed by atoms with E-state index in [4.69, 9.17) is 25.8 Å². The van der Waals surface area contributed by atoms with E-state index in [2.05, 4.69) is 22.3 Å². The second-order valence-electron chi connectivity index (χ2n) is 6.48. The summed E-state index contributed by atoms with van der Waals surface area (Å²) in [4.78, 5) is 6.55. The van der Waals surface area contributed by atoms with E-state index in [-0.39, 0.29) is 6.79 Å². The van der Waals surface area contributed by atoms with E-state index in [1.807, 2.05) is 12.1 Å². The van der Waals surface area contributed by atoms with E-state index >= 15 is 0 Å². The number of nitrogens with zero attached hydrogens (tertiary/aromatic N) is 2. The average molecular weight is 368 g/mol. The summed E-state index contributed by atoms with van der Waals surface area (Å²) in [6.45, 7) is 3.62. The number of guanidine groups is 1. The highest BCUT2D eigenvalue weighted by Gasteiger charge is 2.19. The van der Waals surface area contributed by atoms with Gasteiger partial charge in [-0.1, -0.05) is 11.6 Å². The van der Waals surface area contributed by atoms with Gasteiger partial charge in [-0.25, -0.2) is 0 Å². The molecule has 3 rings (SSSR count). The summed E-state index contributed by atoms with van der Waals surface area (Å²) in [6.07, 6.45) is 3.49. The fraction of sp³-hybridized carbons (Fsp3) is 0.611.